The highest BCUT2D eigenvalue weighted by Gasteiger charge is 2.43. The van der Waals surface area contributed by atoms with Crippen molar-refractivity contribution in [2.24, 2.45) is 0 Å². The van der Waals surface area contributed by atoms with Crippen molar-refractivity contribution in [2.45, 2.75) is 0 Å². The summed E-state index contributed by atoms with van der Waals surface area (Å²) in [5.41, 5.74) is 0. The lowest BCUT2D eigenvalue weighted by Gasteiger charge is -2.17. The largest absolute Gasteiger partial charge is 0.487 e. The molecule has 0 heterocycles. The molecule has 0 amide bonds. The second-order valence-corrected chi connectivity index (χ2v) is 10.1. The Labute approximate surface area is 140 Å². The second-order valence-electron chi connectivity index (χ2n) is 5.46. The number of benzene rings is 3. The quantitative estimate of drug-likeness (QED) is 0.380. The molecular weight excluding hydrogens is 348 g/mol. The fraction of sp³-hybridized carbons (Fsp3) is 0. The summed E-state index contributed by atoms with van der Waals surface area (Å²) in [5.74, 6) is 0. The van der Waals surface area contributed by atoms with Crippen LogP contribution in [0.25, 0.3) is 0 Å². The van der Waals surface area contributed by atoms with Gasteiger partial charge in [-0.3, -0.25) is 16.4 Å². The van der Waals surface area contributed by atoms with Crippen molar-refractivity contribution in [3.05, 3.63) is 84.9 Å². The molecule has 0 spiro atoms. The van der Waals surface area contributed by atoms with Crippen molar-refractivity contribution in [3.8, 4) is 0 Å². The average Bonchev–Trinajstić information content (AvgIpc) is 2.63. The van der Waals surface area contributed by atoms with E-state index < -0.39 is 17.5 Å². The molecule has 122 valence electrons. The Balaban J connectivity index is 1.94. The van der Waals surface area contributed by atoms with Crippen LogP contribution in [-0.2, 0) is 0 Å². The summed E-state index contributed by atoms with van der Waals surface area (Å²) in [6, 6.07) is 19.7. The molecule has 3 aromatic carbocycles. The first-order valence-corrected chi connectivity index (χ1v) is 10.9. The van der Waals surface area contributed by atoms with E-state index in [1.165, 1.54) is 24.3 Å². The Hall–Kier alpha value is -2.19. The van der Waals surface area contributed by atoms with E-state index in [9.17, 15) is 16.4 Å². The summed E-state index contributed by atoms with van der Waals surface area (Å²) in [5, 5.41) is -0.361. The highest BCUT2D eigenvalue weighted by molar-refractivity contribution is 6.93. The molecule has 24 heavy (non-hydrogen) atoms. The fourth-order valence-corrected chi connectivity index (χ4v) is 5.58. The molecule has 0 saturated heterocycles. The van der Waals surface area contributed by atoms with Crippen molar-refractivity contribution >= 4 is 38.2 Å². The highest BCUT2D eigenvalue weighted by Crippen LogP contribution is 2.11. The van der Waals surface area contributed by atoms with Crippen LogP contribution in [0.15, 0.2) is 84.9 Å². The van der Waals surface area contributed by atoms with Gasteiger partial charge in [-0.15, -0.1) is 0 Å². The molecule has 0 radical (unpaired) electrons. The van der Waals surface area contributed by atoms with E-state index in [0.717, 1.165) is 24.3 Å². The zero-order valence-electron chi connectivity index (χ0n) is 12.6. The van der Waals surface area contributed by atoms with Crippen LogP contribution in [0.4, 0.5) is 16.4 Å². The number of halogens is 4. The first-order chi connectivity index (χ1) is 11.4. The Kier molecular flexibility index (Phi) is 4.42. The topological polar surface area (TPSA) is 0 Å². The Morgan fingerprint density at radius 3 is 0.917 bits per heavy atom. The molecule has 0 N–H and O–H groups in total. The van der Waals surface area contributed by atoms with E-state index in [2.05, 4.69) is 0 Å². The molecular formula is C18H14F4Si2. The Bertz CT molecular complexity index is 733. The van der Waals surface area contributed by atoms with Gasteiger partial charge in [0.2, 0.25) is 0 Å². The van der Waals surface area contributed by atoms with Gasteiger partial charge in [0, 0.05) is 20.7 Å². The van der Waals surface area contributed by atoms with Gasteiger partial charge < -0.3 is 0 Å². The first-order valence-electron chi connectivity index (χ1n) is 7.40. The van der Waals surface area contributed by atoms with Gasteiger partial charge in [-0.1, -0.05) is 84.9 Å². The summed E-state index contributed by atoms with van der Waals surface area (Å²) in [4.78, 5) is 0. The zero-order valence-corrected chi connectivity index (χ0v) is 14.6. The number of hydrogen-bond donors (Lipinski definition) is 0. The lowest BCUT2D eigenvalue weighted by Crippen LogP contribution is -2.53. The standard InChI is InChI=1S/C18H14F4Si2/c19-23(20,15-7-3-1-4-8-15)17-11-13-18(14-12-17)24(21,22)16-9-5-2-6-10-16/h1-14H. The van der Waals surface area contributed by atoms with Crippen molar-refractivity contribution in [1.82, 2.24) is 0 Å². The van der Waals surface area contributed by atoms with Crippen LogP contribution in [0.1, 0.15) is 0 Å². The van der Waals surface area contributed by atoms with Crippen LogP contribution in [0, 0.1) is 0 Å². The third-order valence-corrected chi connectivity index (χ3v) is 8.12. The highest BCUT2D eigenvalue weighted by atomic mass is 28.4. The molecule has 0 atom stereocenters. The lowest BCUT2D eigenvalue weighted by molar-refractivity contribution is 0.651. The van der Waals surface area contributed by atoms with Gasteiger partial charge in [-0.05, 0) is 0 Å². The SMILES string of the molecule is F[Si](F)(c1ccccc1)c1ccc([Si](F)(F)c2ccccc2)cc1. The molecule has 0 aliphatic rings. The summed E-state index contributed by atoms with van der Waals surface area (Å²) < 4.78 is 58.4. The van der Waals surface area contributed by atoms with Crippen LogP contribution in [0.3, 0.4) is 0 Å². The first kappa shape index (κ1) is 16.7. The van der Waals surface area contributed by atoms with Gasteiger partial charge in [0.1, 0.15) is 0 Å². The summed E-state index contributed by atoms with van der Waals surface area (Å²) in [6.07, 6.45) is 0. The molecule has 0 saturated carbocycles. The third-order valence-electron chi connectivity index (χ3n) is 3.88. The van der Waals surface area contributed by atoms with E-state index in [1.807, 2.05) is 0 Å². The van der Waals surface area contributed by atoms with Crippen LogP contribution >= 0.6 is 0 Å². The summed E-state index contributed by atoms with van der Waals surface area (Å²) in [6.45, 7) is 0. The van der Waals surface area contributed by atoms with Crippen molar-refractivity contribution in [3.63, 3.8) is 0 Å². The monoisotopic (exact) mass is 362 g/mol. The number of rotatable bonds is 4. The average molecular weight is 362 g/mol. The predicted molar refractivity (Wildman–Crippen MR) is 93.8 cm³/mol. The molecule has 0 aliphatic carbocycles. The fourth-order valence-electron chi connectivity index (χ4n) is 2.52. The van der Waals surface area contributed by atoms with Gasteiger partial charge >= 0.3 is 17.5 Å². The molecule has 6 heteroatoms. The maximum Gasteiger partial charge on any atom is 0.487 e. The van der Waals surface area contributed by atoms with Gasteiger partial charge in [0.25, 0.3) is 0 Å². The summed E-state index contributed by atoms with van der Waals surface area (Å²) in [7, 11) is -9.69. The zero-order chi connectivity index (χ0) is 17.2. The molecule has 0 nitrogen and oxygen atoms in total. The van der Waals surface area contributed by atoms with Crippen molar-refractivity contribution in [1.29, 1.82) is 0 Å². The molecule has 3 aromatic rings. The molecule has 0 bridgehead atoms. The Morgan fingerprint density at radius 2 is 0.625 bits per heavy atom. The van der Waals surface area contributed by atoms with E-state index in [1.54, 1.807) is 36.4 Å². The minimum atomic E-state index is -4.85. The minimum absolute atomic E-state index is 0.0233. The molecule has 0 unspecified atom stereocenters. The van der Waals surface area contributed by atoms with E-state index in [4.69, 9.17) is 0 Å². The third kappa shape index (κ3) is 3.07. The van der Waals surface area contributed by atoms with Crippen LogP contribution in [-0.4, -0.2) is 17.5 Å². The van der Waals surface area contributed by atoms with E-state index in [0.29, 0.717) is 0 Å². The maximum atomic E-state index is 14.6. The van der Waals surface area contributed by atoms with Crippen molar-refractivity contribution < 1.29 is 16.4 Å². The summed E-state index contributed by atoms with van der Waals surface area (Å²) >= 11 is 0. The normalized spacial score (nSPS) is 12.2. The van der Waals surface area contributed by atoms with Gasteiger partial charge in [-0.2, -0.15) is 0 Å². The van der Waals surface area contributed by atoms with Gasteiger partial charge in [0.15, 0.2) is 0 Å². The van der Waals surface area contributed by atoms with E-state index >= 15 is 0 Å². The lowest BCUT2D eigenvalue weighted by atomic mass is 10.3. The van der Waals surface area contributed by atoms with Crippen molar-refractivity contribution in [2.75, 3.05) is 0 Å². The predicted octanol–water partition coefficient (Wildman–Crippen LogP) is 2.68. The second kappa shape index (κ2) is 6.37. The molecule has 0 aromatic heterocycles. The smallest absolute Gasteiger partial charge is 0.260 e. The van der Waals surface area contributed by atoms with Gasteiger partial charge in [-0.25, -0.2) is 0 Å². The molecule has 3 rings (SSSR count). The molecule has 0 fully saturated rings. The van der Waals surface area contributed by atoms with Crippen LogP contribution < -0.4 is 20.7 Å². The number of hydrogen-bond acceptors (Lipinski definition) is 0. The Morgan fingerprint density at radius 1 is 0.375 bits per heavy atom. The maximum absolute atomic E-state index is 14.6. The van der Waals surface area contributed by atoms with Crippen LogP contribution in [0.5, 0.6) is 0 Å². The van der Waals surface area contributed by atoms with Crippen LogP contribution in [0.2, 0.25) is 0 Å². The van der Waals surface area contributed by atoms with Gasteiger partial charge in [0.05, 0.1) is 0 Å². The minimum Gasteiger partial charge on any atom is -0.260 e. The van der Waals surface area contributed by atoms with E-state index in [-0.39, 0.29) is 20.7 Å². The molecule has 0 aliphatic heterocycles.